The summed E-state index contributed by atoms with van der Waals surface area (Å²) in [7, 11) is -1.33. The van der Waals surface area contributed by atoms with Crippen molar-refractivity contribution in [1.82, 2.24) is 4.98 Å². The minimum atomic E-state index is -1.33. The summed E-state index contributed by atoms with van der Waals surface area (Å²) >= 11 is 0. The van der Waals surface area contributed by atoms with Crippen LogP contribution in [0.1, 0.15) is 38.4 Å². The van der Waals surface area contributed by atoms with E-state index < -0.39 is 8.07 Å². The number of benzene rings is 1. The van der Waals surface area contributed by atoms with Gasteiger partial charge in [-0.25, -0.2) is 0 Å². The molecule has 26 heavy (non-hydrogen) atoms. The fraction of sp³-hybridized carbons (Fsp3) is 0.435. The van der Waals surface area contributed by atoms with Crippen LogP contribution in [0.2, 0.25) is 19.6 Å². The third kappa shape index (κ3) is 4.37. The van der Waals surface area contributed by atoms with E-state index in [1.165, 1.54) is 22.5 Å². The molecule has 1 N–H and O–H groups in total. The molecular weight excluding hydrogens is 332 g/mol. The molecule has 1 atom stereocenters. The van der Waals surface area contributed by atoms with Gasteiger partial charge in [0.05, 0.1) is 6.04 Å². The standard InChI is InChI=1S/C23H30N2Si/c1-17-16-23(2,3)22(25-17)15-21-20(11-13-24-21)19-9-7-18(8-10-19)12-14-26(4,5)6/h7-11,13,22,24H,15-16H2,1-6H3. The smallest absolute Gasteiger partial charge is 0.129 e. The molecule has 136 valence electrons. The van der Waals surface area contributed by atoms with E-state index >= 15 is 0 Å². The van der Waals surface area contributed by atoms with Gasteiger partial charge < -0.3 is 4.98 Å². The Hall–Kier alpha value is -2.05. The van der Waals surface area contributed by atoms with Crippen molar-refractivity contribution in [2.75, 3.05) is 0 Å². The molecule has 0 amide bonds. The van der Waals surface area contributed by atoms with Gasteiger partial charge in [0.15, 0.2) is 0 Å². The van der Waals surface area contributed by atoms with E-state index in [-0.39, 0.29) is 5.41 Å². The van der Waals surface area contributed by atoms with Crippen LogP contribution in [0, 0.1) is 16.9 Å². The minimum Gasteiger partial charge on any atom is -0.364 e. The summed E-state index contributed by atoms with van der Waals surface area (Å²) in [5.74, 6) is 3.33. The molecule has 1 aliphatic heterocycles. The second kappa shape index (κ2) is 6.93. The normalized spacial score (nSPS) is 19.0. The maximum absolute atomic E-state index is 4.89. The minimum absolute atomic E-state index is 0.239. The topological polar surface area (TPSA) is 28.1 Å². The summed E-state index contributed by atoms with van der Waals surface area (Å²) in [5, 5.41) is 0. The molecule has 1 aromatic heterocycles. The molecule has 0 saturated heterocycles. The van der Waals surface area contributed by atoms with Crippen molar-refractivity contribution in [3.05, 3.63) is 47.8 Å². The van der Waals surface area contributed by atoms with Crippen molar-refractivity contribution in [3.8, 4) is 22.6 Å². The maximum atomic E-state index is 4.89. The fourth-order valence-electron chi connectivity index (χ4n) is 3.61. The highest BCUT2D eigenvalue weighted by Crippen LogP contribution is 2.37. The van der Waals surface area contributed by atoms with Crippen LogP contribution >= 0.6 is 0 Å². The first-order valence-electron chi connectivity index (χ1n) is 9.47. The van der Waals surface area contributed by atoms with Crippen LogP contribution in [0.4, 0.5) is 0 Å². The van der Waals surface area contributed by atoms with Crippen LogP contribution in [-0.2, 0) is 6.42 Å². The summed E-state index contributed by atoms with van der Waals surface area (Å²) in [5.41, 5.74) is 9.86. The van der Waals surface area contributed by atoms with E-state index in [0.717, 1.165) is 18.4 Å². The Kier molecular flexibility index (Phi) is 4.99. The summed E-state index contributed by atoms with van der Waals surface area (Å²) in [4.78, 5) is 8.35. The highest BCUT2D eigenvalue weighted by atomic mass is 28.3. The van der Waals surface area contributed by atoms with Crippen LogP contribution in [0.15, 0.2) is 41.5 Å². The molecular formula is C23H30N2Si. The summed E-state index contributed by atoms with van der Waals surface area (Å²) < 4.78 is 0. The van der Waals surface area contributed by atoms with Gasteiger partial charge in [-0.1, -0.05) is 51.5 Å². The number of hydrogen-bond acceptors (Lipinski definition) is 1. The van der Waals surface area contributed by atoms with Crippen LogP contribution in [0.3, 0.4) is 0 Å². The number of aromatic amines is 1. The lowest BCUT2D eigenvalue weighted by atomic mass is 9.80. The monoisotopic (exact) mass is 362 g/mol. The molecule has 0 aliphatic carbocycles. The zero-order valence-electron chi connectivity index (χ0n) is 16.9. The maximum Gasteiger partial charge on any atom is 0.129 e. The SMILES string of the molecule is CC1=NC(Cc2[nH]ccc2-c2ccc(C#C[Si](C)(C)C)cc2)C(C)(C)C1. The van der Waals surface area contributed by atoms with Crippen molar-refractivity contribution >= 4 is 13.8 Å². The summed E-state index contributed by atoms with van der Waals surface area (Å²) in [6.45, 7) is 13.6. The van der Waals surface area contributed by atoms with E-state index in [9.17, 15) is 0 Å². The number of hydrogen-bond donors (Lipinski definition) is 1. The number of aromatic nitrogens is 1. The first-order valence-corrected chi connectivity index (χ1v) is 13.0. The Bertz CT molecular complexity index is 867. The lowest BCUT2D eigenvalue weighted by Crippen LogP contribution is -2.26. The lowest BCUT2D eigenvalue weighted by molar-refractivity contribution is 0.321. The van der Waals surface area contributed by atoms with E-state index in [1.54, 1.807) is 0 Å². The second-order valence-corrected chi connectivity index (χ2v) is 13.9. The van der Waals surface area contributed by atoms with E-state index in [1.807, 2.05) is 6.20 Å². The van der Waals surface area contributed by atoms with Gasteiger partial charge in [-0.3, -0.25) is 4.99 Å². The van der Waals surface area contributed by atoms with Gasteiger partial charge in [-0.2, -0.15) is 0 Å². The summed E-state index contributed by atoms with van der Waals surface area (Å²) in [6, 6.07) is 11.2. The number of nitrogens with one attached hydrogen (secondary N) is 1. The fourth-order valence-corrected chi connectivity index (χ4v) is 4.13. The lowest BCUT2D eigenvalue weighted by Gasteiger charge is -2.25. The third-order valence-corrected chi connectivity index (χ3v) is 5.87. The van der Waals surface area contributed by atoms with Crippen LogP contribution < -0.4 is 0 Å². The Morgan fingerprint density at radius 1 is 1.15 bits per heavy atom. The van der Waals surface area contributed by atoms with Crippen LogP contribution in [-0.4, -0.2) is 24.8 Å². The molecule has 3 rings (SSSR count). The zero-order valence-corrected chi connectivity index (χ0v) is 17.9. The first-order chi connectivity index (χ1) is 12.1. The first kappa shape index (κ1) is 18.7. The van der Waals surface area contributed by atoms with Crippen LogP contribution in [0.25, 0.3) is 11.1 Å². The number of H-pyrrole nitrogens is 1. The van der Waals surface area contributed by atoms with Gasteiger partial charge in [-0.05, 0) is 42.5 Å². The Morgan fingerprint density at radius 3 is 2.42 bits per heavy atom. The zero-order chi connectivity index (χ0) is 18.9. The van der Waals surface area contributed by atoms with E-state index in [2.05, 4.69) is 87.2 Å². The van der Waals surface area contributed by atoms with Crippen molar-refractivity contribution in [2.24, 2.45) is 10.4 Å². The Balaban J connectivity index is 1.81. The van der Waals surface area contributed by atoms with E-state index in [0.29, 0.717) is 6.04 Å². The predicted molar refractivity (Wildman–Crippen MR) is 115 cm³/mol. The molecule has 0 radical (unpaired) electrons. The second-order valence-electron chi connectivity index (χ2n) is 9.20. The third-order valence-electron chi connectivity index (χ3n) is 5.00. The molecule has 2 nitrogen and oxygen atoms in total. The average molecular weight is 363 g/mol. The average Bonchev–Trinajstić information content (AvgIpc) is 3.09. The number of aliphatic imine (C=N–C) groups is 1. The molecule has 0 fully saturated rings. The van der Waals surface area contributed by atoms with Crippen molar-refractivity contribution in [1.29, 1.82) is 0 Å². The highest BCUT2D eigenvalue weighted by Gasteiger charge is 2.35. The molecule has 2 aromatic rings. The van der Waals surface area contributed by atoms with Gasteiger partial charge >= 0.3 is 0 Å². The van der Waals surface area contributed by atoms with Gasteiger partial charge in [0.1, 0.15) is 8.07 Å². The quantitative estimate of drug-likeness (QED) is 0.535. The van der Waals surface area contributed by atoms with Crippen molar-refractivity contribution < 1.29 is 0 Å². The number of nitrogens with zero attached hydrogens (tertiary/aromatic N) is 1. The van der Waals surface area contributed by atoms with Crippen molar-refractivity contribution in [2.45, 2.75) is 59.3 Å². The molecule has 1 aromatic carbocycles. The van der Waals surface area contributed by atoms with Gasteiger partial charge in [0, 0.05) is 35.2 Å². The molecule has 0 bridgehead atoms. The molecule has 1 unspecified atom stereocenters. The van der Waals surface area contributed by atoms with Gasteiger partial charge in [0.2, 0.25) is 0 Å². The Morgan fingerprint density at radius 2 is 1.85 bits per heavy atom. The largest absolute Gasteiger partial charge is 0.364 e. The highest BCUT2D eigenvalue weighted by molar-refractivity contribution is 6.83. The summed E-state index contributed by atoms with van der Waals surface area (Å²) in [6.07, 6.45) is 4.10. The van der Waals surface area contributed by atoms with E-state index in [4.69, 9.17) is 4.99 Å². The van der Waals surface area contributed by atoms with Gasteiger partial charge in [-0.15, -0.1) is 5.54 Å². The Labute approximate surface area is 159 Å². The van der Waals surface area contributed by atoms with Crippen molar-refractivity contribution in [3.63, 3.8) is 0 Å². The molecule has 0 saturated carbocycles. The molecule has 1 aliphatic rings. The van der Waals surface area contributed by atoms with Gasteiger partial charge in [0.25, 0.3) is 0 Å². The molecule has 2 heterocycles. The molecule has 3 heteroatoms. The predicted octanol–water partition coefficient (Wildman–Crippen LogP) is 5.71. The van der Waals surface area contributed by atoms with Crippen LogP contribution in [0.5, 0.6) is 0 Å². The molecule has 0 spiro atoms. The number of rotatable bonds is 3.